The molecule has 0 amide bonds. The number of fused-ring (bicyclic) bond motifs is 2. The third kappa shape index (κ3) is 1.51. The highest BCUT2D eigenvalue weighted by Crippen LogP contribution is 2.57. The maximum atomic E-state index is 13.1. The molecule has 0 spiro atoms. The van der Waals surface area contributed by atoms with E-state index in [1.165, 1.54) is 15.6 Å². The van der Waals surface area contributed by atoms with Crippen molar-refractivity contribution in [3.8, 4) is 0 Å². The highest BCUT2D eigenvalue weighted by molar-refractivity contribution is 7.89. The number of sulfonamides is 1. The average molecular weight is 337 g/mol. The summed E-state index contributed by atoms with van der Waals surface area (Å²) >= 11 is 1.37. The molecular formula is C15H15NO4S2. The molecular weight excluding hydrogens is 322 g/mol. The zero-order valence-electron chi connectivity index (χ0n) is 11.9. The van der Waals surface area contributed by atoms with Gasteiger partial charge in [0.2, 0.25) is 10.0 Å². The van der Waals surface area contributed by atoms with Crippen molar-refractivity contribution in [1.82, 2.24) is 4.31 Å². The second-order valence-corrected chi connectivity index (χ2v) is 8.86. The van der Waals surface area contributed by atoms with Gasteiger partial charge in [0.1, 0.15) is 10.4 Å². The molecule has 2 bridgehead atoms. The van der Waals surface area contributed by atoms with E-state index in [0.717, 1.165) is 4.70 Å². The SMILES string of the molecule is C[C@@H]1[C@@H]2CN(S(=O)(=O)c3csc4ccccc34)[C@@]1(C(=O)O)C2. The summed E-state index contributed by atoms with van der Waals surface area (Å²) in [5, 5.41) is 11.9. The molecule has 22 heavy (non-hydrogen) atoms. The quantitative estimate of drug-likeness (QED) is 0.933. The largest absolute Gasteiger partial charge is 0.480 e. The van der Waals surface area contributed by atoms with Crippen LogP contribution in [0, 0.1) is 11.8 Å². The summed E-state index contributed by atoms with van der Waals surface area (Å²) in [5.41, 5.74) is -1.26. The molecule has 2 saturated heterocycles. The maximum Gasteiger partial charge on any atom is 0.325 e. The Morgan fingerprint density at radius 3 is 2.82 bits per heavy atom. The van der Waals surface area contributed by atoms with Crippen molar-refractivity contribution >= 4 is 37.4 Å². The summed E-state index contributed by atoms with van der Waals surface area (Å²) in [6.07, 6.45) is 0.421. The molecule has 3 aliphatic rings. The molecule has 116 valence electrons. The smallest absolute Gasteiger partial charge is 0.325 e. The Labute approximate surface area is 132 Å². The maximum absolute atomic E-state index is 13.1. The van der Waals surface area contributed by atoms with Gasteiger partial charge in [-0.25, -0.2) is 8.42 Å². The Kier molecular flexibility index (Phi) is 2.77. The van der Waals surface area contributed by atoms with E-state index in [2.05, 4.69) is 0 Å². The minimum absolute atomic E-state index is 0.135. The lowest BCUT2D eigenvalue weighted by atomic mass is 9.64. The topological polar surface area (TPSA) is 74.7 Å². The van der Waals surface area contributed by atoms with Crippen LogP contribution in [-0.4, -0.2) is 35.9 Å². The van der Waals surface area contributed by atoms with Crippen molar-refractivity contribution in [3.63, 3.8) is 0 Å². The highest BCUT2D eigenvalue weighted by atomic mass is 32.2. The molecule has 1 saturated carbocycles. The number of hydrogen-bond donors (Lipinski definition) is 1. The van der Waals surface area contributed by atoms with E-state index in [1.807, 2.05) is 19.1 Å². The monoisotopic (exact) mass is 337 g/mol. The molecule has 5 nitrogen and oxygen atoms in total. The molecule has 3 fully saturated rings. The number of benzene rings is 1. The van der Waals surface area contributed by atoms with Crippen LogP contribution in [-0.2, 0) is 14.8 Å². The van der Waals surface area contributed by atoms with Crippen LogP contribution in [0.25, 0.3) is 10.1 Å². The van der Waals surface area contributed by atoms with Crippen LogP contribution in [0.2, 0.25) is 0 Å². The molecule has 0 unspecified atom stereocenters. The van der Waals surface area contributed by atoms with Gasteiger partial charge in [-0.1, -0.05) is 25.1 Å². The summed E-state index contributed by atoms with van der Waals surface area (Å²) in [4.78, 5) is 12.0. The first-order chi connectivity index (χ1) is 10.4. The van der Waals surface area contributed by atoms with E-state index >= 15 is 0 Å². The molecule has 1 aliphatic carbocycles. The molecule has 1 N–H and O–H groups in total. The van der Waals surface area contributed by atoms with Crippen molar-refractivity contribution < 1.29 is 18.3 Å². The predicted molar refractivity (Wildman–Crippen MR) is 83.4 cm³/mol. The zero-order chi connectivity index (χ0) is 15.7. The van der Waals surface area contributed by atoms with Crippen LogP contribution in [0.15, 0.2) is 34.5 Å². The van der Waals surface area contributed by atoms with Gasteiger partial charge in [-0.05, 0) is 24.3 Å². The number of aliphatic carboxylic acids is 1. The van der Waals surface area contributed by atoms with E-state index in [0.29, 0.717) is 18.4 Å². The van der Waals surface area contributed by atoms with Gasteiger partial charge >= 0.3 is 5.97 Å². The molecule has 5 rings (SSSR count). The number of nitrogens with zero attached hydrogens (tertiary/aromatic N) is 1. The molecule has 2 aromatic rings. The van der Waals surface area contributed by atoms with Crippen LogP contribution in [0.4, 0.5) is 0 Å². The first-order valence-electron chi connectivity index (χ1n) is 7.11. The van der Waals surface area contributed by atoms with Gasteiger partial charge in [0.05, 0.1) is 0 Å². The van der Waals surface area contributed by atoms with Crippen LogP contribution in [0.1, 0.15) is 13.3 Å². The Morgan fingerprint density at radius 1 is 1.41 bits per heavy atom. The van der Waals surface area contributed by atoms with Gasteiger partial charge in [0.15, 0.2) is 0 Å². The van der Waals surface area contributed by atoms with E-state index in [-0.39, 0.29) is 16.7 Å². The van der Waals surface area contributed by atoms with Gasteiger partial charge < -0.3 is 5.11 Å². The summed E-state index contributed by atoms with van der Waals surface area (Å²) in [5.74, 6) is -1.02. The lowest BCUT2D eigenvalue weighted by Crippen LogP contribution is -2.59. The number of carbonyl (C=O) groups is 1. The first kappa shape index (κ1) is 14.2. The number of thiophene rings is 1. The fourth-order valence-corrected chi connectivity index (χ4v) is 7.24. The van der Waals surface area contributed by atoms with Gasteiger partial charge in [-0.15, -0.1) is 11.3 Å². The fourth-order valence-electron chi connectivity index (χ4n) is 3.89. The normalized spacial score (nSPS) is 31.3. The van der Waals surface area contributed by atoms with Crippen molar-refractivity contribution in [2.75, 3.05) is 6.54 Å². The van der Waals surface area contributed by atoms with Crippen molar-refractivity contribution in [3.05, 3.63) is 29.6 Å². The summed E-state index contributed by atoms with van der Waals surface area (Å²) in [7, 11) is -3.80. The van der Waals surface area contributed by atoms with Crippen LogP contribution < -0.4 is 0 Å². The van der Waals surface area contributed by atoms with E-state index in [1.54, 1.807) is 17.5 Å². The average Bonchev–Trinajstić information content (AvgIpc) is 3.16. The molecule has 1 aromatic carbocycles. The summed E-state index contributed by atoms with van der Waals surface area (Å²) in [6, 6.07) is 7.31. The van der Waals surface area contributed by atoms with E-state index in [9.17, 15) is 18.3 Å². The van der Waals surface area contributed by atoms with E-state index in [4.69, 9.17) is 0 Å². The lowest BCUT2D eigenvalue weighted by Gasteiger charge is -2.43. The fraction of sp³-hybridized carbons (Fsp3) is 0.400. The molecule has 2 aliphatic heterocycles. The minimum atomic E-state index is -3.80. The zero-order valence-corrected chi connectivity index (χ0v) is 13.5. The molecule has 3 atom stereocenters. The molecule has 1 aromatic heterocycles. The summed E-state index contributed by atoms with van der Waals surface area (Å²) < 4.78 is 28.3. The van der Waals surface area contributed by atoms with Gasteiger partial charge in [-0.3, -0.25) is 4.79 Å². The van der Waals surface area contributed by atoms with Crippen LogP contribution >= 0.6 is 11.3 Å². The number of carboxylic acid groups (broad SMARTS) is 1. The van der Waals surface area contributed by atoms with Gasteiger partial charge in [-0.2, -0.15) is 4.31 Å². The second kappa shape index (κ2) is 4.31. The first-order valence-corrected chi connectivity index (χ1v) is 9.43. The predicted octanol–water partition coefficient (Wildman–Crippen LogP) is 2.39. The lowest BCUT2D eigenvalue weighted by molar-refractivity contribution is -0.154. The Bertz CT molecular complexity index is 888. The third-order valence-corrected chi connectivity index (χ3v) is 8.32. The standard InChI is InChI=1S/C15H15NO4S2/c1-9-10-6-15(9,14(17)18)16(7-10)22(19,20)13-8-21-12-5-3-2-4-11(12)13/h2-5,8-10H,6-7H2,1H3,(H,17,18)/t9-,10+,15+/m1/s1. The van der Waals surface area contributed by atoms with E-state index < -0.39 is 21.5 Å². The second-order valence-electron chi connectivity index (χ2n) is 6.11. The molecule has 3 heterocycles. The minimum Gasteiger partial charge on any atom is -0.480 e. The Balaban J connectivity index is 1.87. The van der Waals surface area contributed by atoms with Crippen molar-refractivity contribution in [2.24, 2.45) is 11.8 Å². The number of carboxylic acids is 1. The van der Waals surface area contributed by atoms with Crippen LogP contribution in [0.3, 0.4) is 0 Å². The summed E-state index contributed by atoms with van der Waals surface area (Å²) in [6.45, 7) is 2.14. The van der Waals surface area contributed by atoms with Crippen molar-refractivity contribution in [1.29, 1.82) is 0 Å². The van der Waals surface area contributed by atoms with Gasteiger partial charge in [0.25, 0.3) is 0 Å². The van der Waals surface area contributed by atoms with Gasteiger partial charge in [0, 0.05) is 22.0 Å². The Hall–Kier alpha value is -1.44. The number of hydrogen-bond acceptors (Lipinski definition) is 4. The number of rotatable bonds is 3. The molecule has 0 radical (unpaired) electrons. The Morgan fingerprint density at radius 2 is 2.14 bits per heavy atom. The van der Waals surface area contributed by atoms with Crippen LogP contribution in [0.5, 0.6) is 0 Å². The highest BCUT2D eigenvalue weighted by Gasteiger charge is 2.70. The van der Waals surface area contributed by atoms with Crippen molar-refractivity contribution in [2.45, 2.75) is 23.8 Å². The third-order valence-electron chi connectivity index (χ3n) is 5.26. The molecule has 7 heteroatoms.